The molecule has 8 heteroatoms. The first-order valence-corrected chi connectivity index (χ1v) is 10.4. The molecule has 0 saturated carbocycles. The van der Waals surface area contributed by atoms with E-state index in [9.17, 15) is 13.2 Å². The van der Waals surface area contributed by atoms with Crippen LogP contribution in [-0.2, 0) is 27.8 Å². The van der Waals surface area contributed by atoms with Gasteiger partial charge < -0.3 is 4.90 Å². The van der Waals surface area contributed by atoms with Crippen molar-refractivity contribution in [2.45, 2.75) is 49.6 Å². The maximum absolute atomic E-state index is 12.6. The summed E-state index contributed by atoms with van der Waals surface area (Å²) in [7, 11) is -3.76. The molecule has 3 rings (SSSR count). The smallest absolute Gasteiger partial charge is 0.241 e. The van der Waals surface area contributed by atoms with E-state index in [4.69, 9.17) is 5.14 Å². The number of aromatic nitrogens is 2. The zero-order chi connectivity index (χ0) is 18.6. The monoisotopic (exact) mass is 376 g/mol. The van der Waals surface area contributed by atoms with Crippen molar-refractivity contribution in [2.24, 2.45) is 5.14 Å². The van der Waals surface area contributed by atoms with Gasteiger partial charge in [0.2, 0.25) is 15.9 Å². The number of benzene rings is 1. The fourth-order valence-corrected chi connectivity index (χ4v) is 3.87. The first-order chi connectivity index (χ1) is 12.4. The molecule has 26 heavy (non-hydrogen) atoms. The van der Waals surface area contributed by atoms with Gasteiger partial charge >= 0.3 is 0 Å². The Kier molecular flexibility index (Phi) is 5.73. The standard InChI is InChI=1S/C18H24N4O3S/c19-26(24,25)17-13-20-21(14-17)12-10-18(23)22-11-4-7-16(22)9-8-15-5-2-1-3-6-15/h1-3,5-6,13-14,16H,4,7-12H2,(H2,19,24,25)/t16-/m1/s1. The highest BCUT2D eigenvalue weighted by Crippen LogP contribution is 2.23. The molecule has 140 valence electrons. The average Bonchev–Trinajstić information content (AvgIpc) is 3.28. The second kappa shape index (κ2) is 8.01. The number of sulfonamides is 1. The van der Waals surface area contributed by atoms with Gasteiger partial charge in [0.15, 0.2) is 0 Å². The molecule has 0 aliphatic carbocycles. The molecule has 7 nitrogen and oxygen atoms in total. The van der Waals surface area contributed by atoms with Gasteiger partial charge in [0, 0.05) is 31.7 Å². The van der Waals surface area contributed by atoms with Crippen molar-refractivity contribution in [3.8, 4) is 0 Å². The van der Waals surface area contributed by atoms with E-state index in [1.165, 1.54) is 22.6 Å². The van der Waals surface area contributed by atoms with Crippen LogP contribution in [0.25, 0.3) is 0 Å². The van der Waals surface area contributed by atoms with Gasteiger partial charge in [-0.15, -0.1) is 0 Å². The SMILES string of the molecule is NS(=O)(=O)c1cnn(CCC(=O)N2CCC[C@@H]2CCc2ccccc2)c1. The fourth-order valence-electron chi connectivity index (χ4n) is 3.41. The molecular formula is C18H24N4O3S. The lowest BCUT2D eigenvalue weighted by Crippen LogP contribution is -2.36. The minimum absolute atomic E-state index is 0.0353. The third-order valence-electron chi connectivity index (χ3n) is 4.80. The highest BCUT2D eigenvalue weighted by Gasteiger charge is 2.28. The summed E-state index contributed by atoms with van der Waals surface area (Å²) < 4.78 is 24.0. The van der Waals surface area contributed by atoms with E-state index < -0.39 is 10.0 Å². The molecule has 1 aliphatic rings. The molecule has 1 atom stereocenters. The molecule has 1 amide bonds. The third kappa shape index (κ3) is 4.70. The number of carbonyl (C=O) groups is 1. The van der Waals surface area contributed by atoms with E-state index >= 15 is 0 Å². The summed E-state index contributed by atoms with van der Waals surface area (Å²) in [4.78, 5) is 14.5. The van der Waals surface area contributed by atoms with E-state index in [2.05, 4.69) is 17.2 Å². The first-order valence-electron chi connectivity index (χ1n) is 8.82. The highest BCUT2D eigenvalue weighted by atomic mass is 32.2. The van der Waals surface area contributed by atoms with Crippen LogP contribution in [0.3, 0.4) is 0 Å². The van der Waals surface area contributed by atoms with Gasteiger partial charge in [-0.3, -0.25) is 9.48 Å². The van der Waals surface area contributed by atoms with E-state index in [1.807, 2.05) is 23.1 Å². The Labute approximate surface area is 153 Å². The second-order valence-corrected chi connectivity index (χ2v) is 8.20. The Morgan fingerprint density at radius 3 is 2.73 bits per heavy atom. The van der Waals surface area contributed by atoms with Crippen LogP contribution >= 0.6 is 0 Å². The molecule has 2 aromatic rings. The molecule has 0 radical (unpaired) electrons. The second-order valence-electron chi connectivity index (χ2n) is 6.64. The summed E-state index contributed by atoms with van der Waals surface area (Å²) in [6.45, 7) is 1.14. The number of nitrogens with two attached hydrogens (primary N) is 1. The van der Waals surface area contributed by atoms with E-state index in [0.717, 1.165) is 32.2 Å². The molecule has 0 bridgehead atoms. The van der Waals surface area contributed by atoms with Crippen molar-refractivity contribution in [3.05, 3.63) is 48.3 Å². The quantitative estimate of drug-likeness (QED) is 0.792. The molecule has 1 aromatic heterocycles. The summed E-state index contributed by atoms with van der Waals surface area (Å²) >= 11 is 0. The van der Waals surface area contributed by atoms with Crippen LogP contribution in [0.5, 0.6) is 0 Å². The lowest BCUT2D eigenvalue weighted by atomic mass is 10.0. The van der Waals surface area contributed by atoms with Gasteiger partial charge in [-0.05, 0) is 31.2 Å². The summed E-state index contributed by atoms with van der Waals surface area (Å²) in [6, 6.07) is 10.6. The maximum Gasteiger partial charge on any atom is 0.241 e. The molecule has 1 fully saturated rings. The number of hydrogen-bond acceptors (Lipinski definition) is 4. The molecule has 2 N–H and O–H groups in total. The van der Waals surface area contributed by atoms with E-state index in [0.29, 0.717) is 13.0 Å². The largest absolute Gasteiger partial charge is 0.340 e. The number of amides is 1. The van der Waals surface area contributed by atoms with Gasteiger partial charge in [-0.1, -0.05) is 30.3 Å². The minimum atomic E-state index is -3.76. The van der Waals surface area contributed by atoms with Gasteiger partial charge in [-0.25, -0.2) is 13.6 Å². The number of primary sulfonamides is 1. The van der Waals surface area contributed by atoms with Gasteiger partial charge in [0.1, 0.15) is 4.90 Å². The Balaban J connectivity index is 1.52. The zero-order valence-corrected chi connectivity index (χ0v) is 15.4. The number of likely N-dealkylation sites (tertiary alicyclic amines) is 1. The number of carbonyl (C=O) groups excluding carboxylic acids is 1. The average molecular weight is 376 g/mol. The van der Waals surface area contributed by atoms with Crippen LogP contribution in [0.4, 0.5) is 0 Å². The molecule has 1 saturated heterocycles. The zero-order valence-electron chi connectivity index (χ0n) is 14.6. The molecule has 0 unspecified atom stereocenters. The predicted molar refractivity (Wildman–Crippen MR) is 97.7 cm³/mol. The van der Waals surface area contributed by atoms with Crippen molar-refractivity contribution in [3.63, 3.8) is 0 Å². The van der Waals surface area contributed by atoms with Crippen molar-refractivity contribution >= 4 is 15.9 Å². The molecular weight excluding hydrogens is 352 g/mol. The van der Waals surface area contributed by atoms with Crippen molar-refractivity contribution in [1.82, 2.24) is 14.7 Å². The van der Waals surface area contributed by atoms with Crippen LogP contribution in [-0.4, -0.2) is 41.6 Å². The van der Waals surface area contributed by atoms with Crippen LogP contribution in [0, 0.1) is 0 Å². The Hall–Kier alpha value is -2.19. The Morgan fingerprint density at radius 2 is 2.04 bits per heavy atom. The Morgan fingerprint density at radius 1 is 1.27 bits per heavy atom. The third-order valence-corrected chi connectivity index (χ3v) is 5.67. The van der Waals surface area contributed by atoms with Crippen LogP contribution in [0.15, 0.2) is 47.6 Å². The molecule has 1 aliphatic heterocycles. The minimum Gasteiger partial charge on any atom is -0.340 e. The van der Waals surface area contributed by atoms with Crippen molar-refractivity contribution < 1.29 is 13.2 Å². The fraction of sp³-hybridized carbons (Fsp3) is 0.444. The lowest BCUT2D eigenvalue weighted by Gasteiger charge is -2.25. The summed E-state index contributed by atoms with van der Waals surface area (Å²) in [5, 5.41) is 9.03. The number of hydrogen-bond donors (Lipinski definition) is 1. The van der Waals surface area contributed by atoms with Crippen molar-refractivity contribution in [2.75, 3.05) is 6.54 Å². The number of nitrogens with zero attached hydrogens (tertiary/aromatic N) is 3. The lowest BCUT2D eigenvalue weighted by molar-refractivity contribution is -0.132. The van der Waals surface area contributed by atoms with E-state index in [1.54, 1.807) is 0 Å². The summed E-state index contributed by atoms with van der Waals surface area (Å²) in [6.07, 6.45) is 6.86. The molecule has 0 spiro atoms. The Bertz CT molecular complexity index is 848. The van der Waals surface area contributed by atoms with Crippen LogP contribution < -0.4 is 5.14 Å². The van der Waals surface area contributed by atoms with Gasteiger partial charge in [0.25, 0.3) is 0 Å². The topological polar surface area (TPSA) is 98.3 Å². The molecule has 1 aromatic carbocycles. The van der Waals surface area contributed by atoms with Gasteiger partial charge in [-0.2, -0.15) is 5.10 Å². The molecule has 2 heterocycles. The first kappa shape index (κ1) is 18.6. The summed E-state index contributed by atoms with van der Waals surface area (Å²) in [5.74, 6) is 0.0909. The predicted octanol–water partition coefficient (Wildman–Crippen LogP) is 1.54. The van der Waals surface area contributed by atoms with E-state index in [-0.39, 0.29) is 16.8 Å². The van der Waals surface area contributed by atoms with Gasteiger partial charge in [0.05, 0.1) is 6.20 Å². The number of aryl methyl sites for hydroxylation is 2. The van der Waals surface area contributed by atoms with Crippen molar-refractivity contribution in [1.29, 1.82) is 0 Å². The van der Waals surface area contributed by atoms with Crippen LogP contribution in [0.2, 0.25) is 0 Å². The maximum atomic E-state index is 12.6. The number of rotatable bonds is 7. The normalized spacial score (nSPS) is 17.6. The van der Waals surface area contributed by atoms with Crippen LogP contribution in [0.1, 0.15) is 31.2 Å². The highest BCUT2D eigenvalue weighted by molar-refractivity contribution is 7.89. The summed E-state index contributed by atoms with van der Waals surface area (Å²) in [5.41, 5.74) is 1.29.